The Kier molecular flexibility index (Phi) is 7.59. The highest BCUT2D eigenvalue weighted by Crippen LogP contribution is 2.33. The molecule has 0 unspecified atom stereocenters. The number of hydrogen-bond acceptors (Lipinski definition) is 2. The van der Waals surface area contributed by atoms with Gasteiger partial charge in [0.15, 0.2) is 0 Å². The van der Waals surface area contributed by atoms with Gasteiger partial charge in [-0.3, -0.25) is 4.98 Å². The first kappa shape index (κ1) is 18.7. The molecule has 0 bridgehead atoms. The van der Waals surface area contributed by atoms with Gasteiger partial charge in [0.25, 0.3) is 0 Å². The predicted octanol–water partition coefficient (Wildman–Crippen LogP) is 6.65. The summed E-state index contributed by atoms with van der Waals surface area (Å²) in [5.74, 6) is 0. The molecule has 1 heterocycles. The Morgan fingerprint density at radius 2 is 1.60 bits per heavy atom. The lowest BCUT2D eigenvalue weighted by Crippen LogP contribution is -2.12. The molecule has 1 aliphatic carbocycles. The lowest BCUT2D eigenvalue weighted by atomic mass is 9.92. The van der Waals surface area contributed by atoms with Crippen molar-refractivity contribution in [3.05, 3.63) is 35.5 Å². The maximum absolute atomic E-state index is 4.93. The van der Waals surface area contributed by atoms with E-state index in [0.29, 0.717) is 0 Å². The molecular weight excluding hydrogens is 372 g/mol. The van der Waals surface area contributed by atoms with Gasteiger partial charge in [-0.1, -0.05) is 66.2 Å². The second kappa shape index (κ2) is 10.2. The largest absolute Gasteiger partial charge is 0.384 e. The van der Waals surface area contributed by atoms with Crippen molar-refractivity contribution < 1.29 is 0 Å². The molecule has 1 aliphatic rings. The quantitative estimate of drug-likeness (QED) is 0.355. The Labute approximate surface area is 160 Å². The van der Waals surface area contributed by atoms with Crippen LogP contribution < -0.4 is 5.32 Å². The highest BCUT2D eigenvalue weighted by atomic mass is 79.9. The first-order chi connectivity index (χ1) is 12.4. The van der Waals surface area contributed by atoms with Gasteiger partial charge in [-0.25, -0.2) is 0 Å². The SMILES string of the molecule is BrCCCCCCCCCNc1c2c(nc3ccccc13)CCCC2. The zero-order valence-corrected chi connectivity index (χ0v) is 16.9. The Morgan fingerprint density at radius 1 is 0.880 bits per heavy atom. The summed E-state index contributed by atoms with van der Waals surface area (Å²) >= 11 is 3.51. The van der Waals surface area contributed by atoms with Crippen LogP contribution in [0, 0.1) is 0 Å². The van der Waals surface area contributed by atoms with Crippen molar-refractivity contribution in [2.75, 3.05) is 17.2 Å². The van der Waals surface area contributed by atoms with E-state index in [-0.39, 0.29) is 0 Å². The first-order valence-corrected chi connectivity index (χ1v) is 11.2. The normalized spacial score (nSPS) is 13.8. The molecule has 1 aromatic carbocycles. The van der Waals surface area contributed by atoms with E-state index < -0.39 is 0 Å². The van der Waals surface area contributed by atoms with Gasteiger partial charge in [-0.2, -0.15) is 0 Å². The summed E-state index contributed by atoms with van der Waals surface area (Å²) in [5.41, 5.74) is 5.34. The molecule has 1 N–H and O–H groups in total. The molecule has 0 spiro atoms. The minimum Gasteiger partial charge on any atom is -0.384 e. The van der Waals surface area contributed by atoms with E-state index in [1.807, 2.05) is 0 Å². The summed E-state index contributed by atoms with van der Waals surface area (Å²) in [6.45, 7) is 1.09. The van der Waals surface area contributed by atoms with Crippen LogP contribution >= 0.6 is 15.9 Å². The van der Waals surface area contributed by atoms with Crippen LogP contribution in [0.15, 0.2) is 24.3 Å². The Bertz CT molecular complexity index is 668. The zero-order valence-electron chi connectivity index (χ0n) is 15.3. The van der Waals surface area contributed by atoms with Gasteiger partial charge >= 0.3 is 0 Å². The number of aryl methyl sites for hydroxylation is 1. The molecule has 0 amide bonds. The molecule has 1 aromatic heterocycles. The Hall–Kier alpha value is -1.09. The molecule has 0 atom stereocenters. The number of nitrogens with zero attached hydrogens (tertiary/aromatic N) is 1. The van der Waals surface area contributed by atoms with Crippen LogP contribution in [-0.4, -0.2) is 16.9 Å². The number of aromatic nitrogens is 1. The second-order valence-electron chi connectivity index (χ2n) is 7.23. The lowest BCUT2D eigenvalue weighted by Gasteiger charge is -2.21. The maximum Gasteiger partial charge on any atom is 0.0726 e. The molecule has 0 aliphatic heterocycles. The van der Waals surface area contributed by atoms with Gasteiger partial charge in [0.1, 0.15) is 0 Å². The second-order valence-corrected chi connectivity index (χ2v) is 8.02. The number of nitrogens with one attached hydrogen (secondary N) is 1. The molecular formula is C22H31BrN2. The van der Waals surface area contributed by atoms with Crippen LogP contribution in [-0.2, 0) is 12.8 Å². The highest BCUT2D eigenvalue weighted by molar-refractivity contribution is 9.09. The van der Waals surface area contributed by atoms with E-state index in [2.05, 4.69) is 45.5 Å². The monoisotopic (exact) mass is 402 g/mol. The van der Waals surface area contributed by atoms with E-state index >= 15 is 0 Å². The van der Waals surface area contributed by atoms with E-state index in [1.54, 1.807) is 0 Å². The third kappa shape index (κ3) is 5.20. The van der Waals surface area contributed by atoms with E-state index in [1.165, 1.54) is 86.5 Å². The Balaban J connectivity index is 1.54. The number of para-hydroxylation sites is 1. The van der Waals surface area contributed by atoms with Gasteiger partial charge in [-0.15, -0.1) is 0 Å². The molecule has 0 saturated heterocycles. The molecule has 0 fully saturated rings. The van der Waals surface area contributed by atoms with Crippen LogP contribution in [0.25, 0.3) is 10.9 Å². The highest BCUT2D eigenvalue weighted by Gasteiger charge is 2.17. The number of unbranched alkanes of at least 4 members (excludes halogenated alkanes) is 6. The van der Waals surface area contributed by atoms with Crippen molar-refractivity contribution in [3.8, 4) is 0 Å². The average molecular weight is 403 g/mol. The van der Waals surface area contributed by atoms with Crippen molar-refractivity contribution in [2.45, 2.75) is 70.6 Å². The van der Waals surface area contributed by atoms with E-state index in [0.717, 1.165) is 23.8 Å². The van der Waals surface area contributed by atoms with Crippen molar-refractivity contribution >= 4 is 32.5 Å². The molecule has 2 aromatic rings. The molecule has 0 radical (unpaired) electrons. The molecule has 25 heavy (non-hydrogen) atoms. The average Bonchev–Trinajstić information content (AvgIpc) is 2.66. The molecule has 3 heteroatoms. The van der Waals surface area contributed by atoms with Gasteiger partial charge in [0.2, 0.25) is 0 Å². The topological polar surface area (TPSA) is 24.9 Å². The zero-order chi connectivity index (χ0) is 17.3. The number of hydrogen-bond donors (Lipinski definition) is 1. The van der Waals surface area contributed by atoms with Gasteiger partial charge in [0.05, 0.1) is 5.52 Å². The fourth-order valence-electron chi connectivity index (χ4n) is 3.89. The van der Waals surface area contributed by atoms with Crippen LogP contribution in [0.3, 0.4) is 0 Å². The van der Waals surface area contributed by atoms with Crippen molar-refractivity contribution in [1.29, 1.82) is 0 Å². The fraction of sp³-hybridized carbons (Fsp3) is 0.591. The van der Waals surface area contributed by atoms with E-state index in [4.69, 9.17) is 4.98 Å². The third-order valence-electron chi connectivity index (χ3n) is 5.28. The Morgan fingerprint density at radius 3 is 2.44 bits per heavy atom. The summed E-state index contributed by atoms with van der Waals surface area (Å²) < 4.78 is 0. The maximum atomic E-state index is 4.93. The van der Waals surface area contributed by atoms with Crippen molar-refractivity contribution in [2.24, 2.45) is 0 Å². The minimum atomic E-state index is 1.09. The van der Waals surface area contributed by atoms with Gasteiger partial charge in [-0.05, 0) is 50.2 Å². The summed E-state index contributed by atoms with van der Waals surface area (Å²) in [5, 5.41) is 6.24. The first-order valence-electron chi connectivity index (χ1n) is 10.1. The smallest absolute Gasteiger partial charge is 0.0726 e. The van der Waals surface area contributed by atoms with E-state index in [9.17, 15) is 0 Å². The number of anilines is 1. The van der Waals surface area contributed by atoms with Crippen LogP contribution in [0.1, 0.15) is 69.0 Å². The van der Waals surface area contributed by atoms with Gasteiger partial charge < -0.3 is 5.32 Å². The number of alkyl halides is 1. The summed E-state index contributed by atoms with van der Waals surface area (Å²) in [4.78, 5) is 4.93. The predicted molar refractivity (Wildman–Crippen MR) is 113 cm³/mol. The lowest BCUT2D eigenvalue weighted by molar-refractivity contribution is 0.598. The van der Waals surface area contributed by atoms with Crippen molar-refractivity contribution in [1.82, 2.24) is 4.98 Å². The number of halogens is 1. The minimum absolute atomic E-state index is 1.09. The fourth-order valence-corrected chi connectivity index (χ4v) is 4.29. The molecule has 0 saturated carbocycles. The standard InChI is InChI=1S/C22H31BrN2/c23-16-10-4-2-1-3-5-11-17-24-22-18-12-6-8-14-20(18)25-21-15-9-7-13-19(21)22/h6,8,12,14H,1-5,7,9-11,13,15-17H2,(H,24,25). The number of rotatable bonds is 10. The third-order valence-corrected chi connectivity index (χ3v) is 5.84. The van der Waals surface area contributed by atoms with Crippen LogP contribution in [0.4, 0.5) is 5.69 Å². The number of fused-ring (bicyclic) bond motifs is 2. The molecule has 2 nitrogen and oxygen atoms in total. The summed E-state index contributed by atoms with van der Waals surface area (Å²) in [7, 11) is 0. The molecule has 136 valence electrons. The van der Waals surface area contributed by atoms with Crippen molar-refractivity contribution in [3.63, 3.8) is 0 Å². The summed E-state index contributed by atoms with van der Waals surface area (Å²) in [6.07, 6.45) is 14.4. The number of benzene rings is 1. The van der Waals surface area contributed by atoms with Crippen LogP contribution in [0.5, 0.6) is 0 Å². The molecule has 3 rings (SSSR count). The summed E-state index contributed by atoms with van der Waals surface area (Å²) in [6, 6.07) is 8.62. The number of pyridine rings is 1. The van der Waals surface area contributed by atoms with Gasteiger partial charge in [0, 0.05) is 28.6 Å². The van der Waals surface area contributed by atoms with Crippen LogP contribution in [0.2, 0.25) is 0 Å².